The van der Waals surface area contributed by atoms with Gasteiger partial charge in [-0.05, 0) is 125 Å². The lowest BCUT2D eigenvalue weighted by Crippen LogP contribution is -2.13. The molecule has 0 aromatic carbocycles. The van der Waals surface area contributed by atoms with E-state index in [0.717, 1.165) is 21.4 Å². The van der Waals surface area contributed by atoms with Gasteiger partial charge in [-0.25, -0.2) is 24.9 Å². The molecule has 0 unspecified atom stereocenters. The highest BCUT2D eigenvalue weighted by Crippen LogP contribution is 2.25. The monoisotopic (exact) mass is 1100 g/mol. The molecule has 0 saturated heterocycles. The maximum atomic E-state index is 8.62. The highest BCUT2D eigenvalue weighted by molar-refractivity contribution is 9.10. The Kier molecular flexibility index (Phi) is 27.3. The van der Waals surface area contributed by atoms with E-state index in [9.17, 15) is 0 Å². The van der Waals surface area contributed by atoms with Crippen molar-refractivity contribution in [1.29, 1.82) is 10.5 Å². The molecule has 0 N–H and O–H groups in total. The molecule has 0 fully saturated rings. The second kappa shape index (κ2) is 30.8. The van der Waals surface area contributed by atoms with Gasteiger partial charge in [0.2, 0.25) is 5.88 Å². The molecular weight excluding hydrogens is 1020 g/mol. The van der Waals surface area contributed by atoms with Crippen molar-refractivity contribution in [2.75, 3.05) is 7.11 Å². The zero-order valence-electron chi connectivity index (χ0n) is 50.5. The fraction of sp³-hybridized carbons (Fsp3) is 0.446. The molecule has 412 valence electrons. The number of methoxy groups -OCH3 is 1. The van der Waals surface area contributed by atoms with Gasteiger partial charge in [0, 0.05) is 88.5 Å². The summed E-state index contributed by atoms with van der Waals surface area (Å²) in [4.78, 5) is 32.4. The van der Waals surface area contributed by atoms with E-state index in [2.05, 4.69) is 219 Å². The van der Waals surface area contributed by atoms with Crippen LogP contribution in [0.15, 0.2) is 145 Å². The van der Waals surface area contributed by atoms with E-state index in [1.165, 1.54) is 22.3 Å². The minimum Gasteiger partial charge on any atom is -0.481 e. The van der Waals surface area contributed by atoms with E-state index in [1.54, 1.807) is 31.9 Å². The molecule has 7 aromatic heterocycles. The van der Waals surface area contributed by atoms with Gasteiger partial charge in [-0.2, -0.15) is 10.5 Å². The number of rotatable bonds is 1. The SMILES string of the molecule is CC(C)(C)c1ccc(Br)cn1.CC(C)(C)c1cccc(C#N)n1.CC(C)(C)c1cccnc1.CC(C)(C)c1ccnc(C#N)c1.CC(C)(C)c1ccncc1.CC(C)(C)c1cncnc1.COc1ccc(C(C)(C)C)cn1. The highest BCUT2D eigenvalue weighted by Gasteiger charge is 2.18. The lowest BCUT2D eigenvalue weighted by molar-refractivity contribution is 0.397. The van der Waals surface area contributed by atoms with E-state index < -0.39 is 0 Å². The smallest absolute Gasteiger partial charge is 0.212 e. The normalized spacial score (nSPS) is 11.3. The van der Waals surface area contributed by atoms with Crippen LogP contribution in [0.25, 0.3) is 0 Å². The minimum absolute atomic E-state index is 0.0207. The largest absolute Gasteiger partial charge is 0.481 e. The Labute approximate surface area is 473 Å². The molecule has 0 atom stereocenters. The third-order valence-electron chi connectivity index (χ3n) is 11.2. The van der Waals surface area contributed by atoms with Crippen molar-refractivity contribution < 1.29 is 4.74 Å². The van der Waals surface area contributed by atoms with Gasteiger partial charge in [0.15, 0.2) is 0 Å². The first-order chi connectivity index (χ1) is 35.4. The van der Waals surface area contributed by atoms with Crippen molar-refractivity contribution in [3.05, 3.63) is 196 Å². The standard InChI is InChI=1S/2C10H12N2.C10H15NO.C9H12BrN.2C9H13N.C8H12N2/c1-10(2,3)8-4-5-12-9(6-8)7-11;1-10(2,3)9-6-4-5-8(7-11)12-9;1-10(2,3)8-5-6-9(12-4)11-7-8;1-9(2,3)8-5-4-7(10)6-11-8;1-9(2,3)8-4-6-10-7-5-8;1-9(2,3)8-5-4-6-10-7-8;1-8(2,3)7-4-9-6-10-5-7/h2*4-6H,1-3H3;5-7H,1-4H3;4-6H,1-3H3;2*4-7H,1-3H3;4-6H,1-3H3. The summed E-state index contributed by atoms with van der Waals surface area (Å²) in [5.41, 5.74) is 10.3. The van der Waals surface area contributed by atoms with Crippen LogP contribution in [0.4, 0.5) is 0 Å². The highest BCUT2D eigenvalue weighted by atomic mass is 79.9. The van der Waals surface area contributed by atoms with Gasteiger partial charge in [-0.15, -0.1) is 0 Å². The Hall–Kier alpha value is -6.76. The Morgan fingerprint density at radius 1 is 0.390 bits per heavy atom. The fourth-order valence-corrected chi connectivity index (χ4v) is 6.22. The lowest BCUT2D eigenvalue weighted by atomic mass is 9.87. The van der Waals surface area contributed by atoms with Crippen molar-refractivity contribution in [2.24, 2.45) is 0 Å². The number of aromatic nitrogens is 8. The van der Waals surface area contributed by atoms with Crippen molar-refractivity contribution >= 4 is 15.9 Å². The van der Waals surface area contributed by atoms with Gasteiger partial charge in [0.1, 0.15) is 29.9 Å². The van der Waals surface area contributed by atoms with Crippen LogP contribution >= 0.6 is 15.9 Å². The summed E-state index contributed by atoms with van der Waals surface area (Å²) >= 11 is 3.35. The van der Waals surface area contributed by atoms with Gasteiger partial charge in [-0.3, -0.25) is 15.0 Å². The maximum absolute atomic E-state index is 8.62. The van der Waals surface area contributed by atoms with Gasteiger partial charge in [0.05, 0.1) is 7.11 Å². The minimum atomic E-state index is 0.0207. The molecule has 0 radical (unpaired) electrons. The molecule has 0 bridgehead atoms. The summed E-state index contributed by atoms with van der Waals surface area (Å²) in [6.07, 6.45) is 18.0. The molecule has 0 aliphatic heterocycles. The van der Waals surface area contributed by atoms with E-state index in [0.29, 0.717) is 17.3 Å². The van der Waals surface area contributed by atoms with Gasteiger partial charge in [-0.1, -0.05) is 164 Å². The number of hydrogen-bond donors (Lipinski definition) is 0. The van der Waals surface area contributed by atoms with Crippen molar-refractivity contribution in [3.63, 3.8) is 0 Å². The number of pyridine rings is 6. The first-order valence-corrected chi connectivity index (χ1v) is 26.7. The van der Waals surface area contributed by atoms with E-state index in [1.807, 2.05) is 110 Å². The average Bonchev–Trinajstić information content (AvgIpc) is 3.37. The van der Waals surface area contributed by atoms with Gasteiger partial charge >= 0.3 is 0 Å². The van der Waals surface area contributed by atoms with Crippen LogP contribution in [0.5, 0.6) is 5.88 Å². The Morgan fingerprint density at radius 2 is 0.896 bits per heavy atom. The zero-order valence-corrected chi connectivity index (χ0v) is 52.1. The van der Waals surface area contributed by atoms with Crippen molar-refractivity contribution in [1.82, 2.24) is 39.9 Å². The number of nitrogens with zero attached hydrogens (tertiary/aromatic N) is 10. The molecule has 7 rings (SSSR count). The number of hydrogen-bond acceptors (Lipinski definition) is 11. The van der Waals surface area contributed by atoms with E-state index in [-0.39, 0.29) is 37.9 Å². The predicted molar refractivity (Wildman–Crippen MR) is 322 cm³/mol. The molecule has 11 nitrogen and oxygen atoms in total. The quantitative estimate of drug-likeness (QED) is 0.154. The van der Waals surface area contributed by atoms with Crippen LogP contribution < -0.4 is 4.74 Å². The molecule has 0 saturated carbocycles. The summed E-state index contributed by atoms with van der Waals surface area (Å²) in [6, 6.07) is 29.6. The second-order valence-corrected chi connectivity index (χ2v) is 26.3. The molecule has 0 amide bonds. The summed E-state index contributed by atoms with van der Waals surface area (Å²) in [6.45, 7) is 45.1. The van der Waals surface area contributed by atoms with Crippen LogP contribution in [0.1, 0.15) is 196 Å². The average molecular weight is 1110 g/mol. The van der Waals surface area contributed by atoms with Crippen molar-refractivity contribution in [2.45, 2.75) is 183 Å². The molecule has 0 aliphatic rings. The predicted octanol–water partition coefficient (Wildman–Crippen LogP) is 16.6. The van der Waals surface area contributed by atoms with Crippen LogP contribution in [-0.4, -0.2) is 47.0 Å². The van der Waals surface area contributed by atoms with E-state index in [4.69, 9.17) is 15.3 Å². The molecule has 7 aromatic rings. The first-order valence-electron chi connectivity index (χ1n) is 25.9. The topological polar surface area (TPSA) is 160 Å². The van der Waals surface area contributed by atoms with Crippen LogP contribution in [-0.2, 0) is 37.9 Å². The van der Waals surface area contributed by atoms with Crippen LogP contribution in [0, 0.1) is 22.7 Å². The third-order valence-corrected chi connectivity index (χ3v) is 11.6. The number of ether oxygens (including phenoxy) is 1. The number of nitriles is 2. The number of halogens is 1. The maximum Gasteiger partial charge on any atom is 0.212 e. The fourth-order valence-electron chi connectivity index (χ4n) is 5.98. The Morgan fingerprint density at radius 3 is 1.27 bits per heavy atom. The van der Waals surface area contributed by atoms with Gasteiger partial charge in [0.25, 0.3) is 0 Å². The molecular formula is C65H89BrN10O. The lowest BCUT2D eigenvalue weighted by Gasteiger charge is -2.18. The van der Waals surface area contributed by atoms with Crippen LogP contribution in [0.3, 0.4) is 0 Å². The summed E-state index contributed by atoms with van der Waals surface area (Å²) in [7, 11) is 1.62. The Bertz CT molecular complexity index is 2630. The molecule has 0 spiro atoms. The molecule has 0 aliphatic carbocycles. The third kappa shape index (κ3) is 28.3. The molecule has 7 heterocycles. The second-order valence-electron chi connectivity index (χ2n) is 25.4. The molecule has 12 heteroatoms. The summed E-state index contributed by atoms with van der Waals surface area (Å²) in [5, 5.41) is 17.2. The Balaban J connectivity index is 0.000000450. The molecule has 77 heavy (non-hydrogen) atoms. The summed E-state index contributed by atoms with van der Waals surface area (Å²) < 4.78 is 6.00. The van der Waals surface area contributed by atoms with Crippen LogP contribution in [0.2, 0.25) is 0 Å². The van der Waals surface area contributed by atoms with Gasteiger partial charge < -0.3 is 4.74 Å². The summed E-state index contributed by atoms with van der Waals surface area (Å²) in [5.74, 6) is 0.669. The van der Waals surface area contributed by atoms with E-state index >= 15 is 0 Å². The zero-order chi connectivity index (χ0) is 58.9. The first kappa shape index (κ1) is 68.3. The van der Waals surface area contributed by atoms with Crippen molar-refractivity contribution in [3.8, 4) is 18.0 Å².